The third-order valence-electron chi connectivity index (χ3n) is 5.62. The monoisotopic (exact) mass is 400 g/mol. The molecule has 2 saturated heterocycles. The molecule has 0 unspecified atom stereocenters. The summed E-state index contributed by atoms with van der Waals surface area (Å²) in [6.07, 6.45) is 0. The predicted molar refractivity (Wildman–Crippen MR) is 111 cm³/mol. The van der Waals surface area contributed by atoms with Crippen molar-refractivity contribution in [3.63, 3.8) is 0 Å². The van der Waals surface area contributed by atoms with Crippen LogP contribution in [-0.2, 0) is 9.47 Å². The summed E-state index contributed by atoms with van der Waals surface area (Å²) in [5.41, 5.74) is 1.96. The Hall–Kier alpha value is -1.57. The molecule has 0 saturated carbocycles. The molecule has 0 spiro atoms. The molecule has 3 heterocycles. The fourth-order valence-corrected chi connectivity index (χ4v) is 4.99. The molecule has 28 heavy (non-hydrogen) atoms. The van der Waals surface area contributed by atoms with Gasteiger partial charge in [0.25, 0.3) is 0 Å². The van der Waals surface area contributed by atoms with Crippen molar-refractivity contribution in [3.05, 3.63) is 57.8 Å². The number of ether oxygens (including phenoxy) is 2. The number of ketones is 1. The standard InChI is InChI=1S/C22H28N2O3S/c1-17-4-6-18(7-5-17)22(25)21(24-10-14-27-15-11-24)20(19-3-2-16-28-19)23-8-12-26-13-9-23/h2-7,16,20-21H,8-15H2,1H3/t20-,21+/m1/s1. The molecule has 0 N–H and O–H groups in total. The molecule has 2 aromatic rings. The fraction of sp³-hybridized carbons (Fsp3) is 0.500. The third kappa shape index (κ3) is 4.36. The Bertz CT molecular complexity index is 751. The second-order valence-corrected chi connectivity index (χ2v) is 8.41. The first-order valence-electron chi connectivity index (χ1n) is 10.0. The van der Waals surface area contributed by atoms with E-state index in [0.29, 0.717) is 13.2 Å². The summed E-state index contributed by atoms with van der Waals surface area (Å²) in [6, 6.07) is 12.1. The smallest absolute Gasteiger partial charge is 0.181 e. The van der Waals surface area contributed by atoms with Crippen LogP contribution in [0.3, 0.4) is 0 Å². The van der Waals surface area contributed by atoms with Crippen LogP contribution in [0.1, 0.15) is 26.8 Å². The van der Waals surface area contributed by atoms with Crippen molar-refractivity contribution >= 4 is 17.1 Å². The molecular weight excluding hydrogens is 372 g/mol. The van der Waals surface area contributed by atoms with Gasteiger partial charge in [-0.15, -0.1) is 11.3 Å². The van der Waals surface area contributed by atoms with Gasteiger partial charge in [0.15, 0.2) is 5.78 Å². The Labute approximate surface area is 170 Å². The second-order valence-electron chi connectivity index (χ2n) is 7.43. The Balaban J connectivity index is 1.72. The topological polar surface area (TPSA) is 42.0 Å². The minimum atomic E-state index is -0.219. The number of rotatable bonds is 6. The highest BCUT2D eigenvalue weighted by atomic mass is 32.1. The maximum Gasteiger partial charge on any atom is 0.181 e. The normalized spacial score (nSPS) is 21.3. The van der Waals surface area contributed by atoms with Gasteiger partial charge in [-0.1, -0.05) is 35.9 Å². The second kappa shape index (κ2) is 9.29. The quantitative estimate of drug-likeness (QED) is 0.698. The molecular formula is C22H28N2O3S. The highest BCUT2D eigenvalue weighted by molar-refractivity contribution is 7.10. The van der Waals surface area contributed by atoms with Gasteiger partial charge in [0.05, 0.1) is 38.5 Å². The highest BCUT2D eigenvalue weighted by Crippen LogP contribution is 2.34. The van der Waals surface area contributed by atoms with E-state index in [1.54, 1.807) is 11.3 Å². The van der Waals surface area contributed by atoms with Crippen LogP contribution in [-0.4, -0.2) is 74.2 Å². The van der Waals surface area contributed by atoms with E-state index >= 15 is 0 Å². The van der Waals surface area contributed by atoms with Crippen LogP contribution in [0.4, 0.5) is 0 Å². The number of nitrogens with zero attached hydrogens (tertiary/aromatic N) is 2. The SMILES string of the molecule is Cc1ccc(C(=O)[C@H]([C@@H](c2cccs2)N2CCOCC2)N2CCOCC2)cc1. The van der Waals surface area contributed by atoms with Crippen molar-refractivity contribution in [1.82, 2.24) is 9.80 Å². The van der Waals surface area contributed by atoms with Gasteiger partial charge in [-0.05, 0) is 18.4 Å². The highest BCUT2D eigenvalue weighted by Gasteiger charge is 2.40. The van der Waals surface area contributed by atoms with Crippen LogP contribution in [0.2, 0.25) is 0 Å². The number of aryl methyl sites for hydroxylation is 1. The average molecular weight is 401 g/mol. The van der Waals surface area contributed by atoms with E-state index in [9.17, 15) is 4.79 Å². The van der Waals surface area contributed by atoms with Crippen molar-refractivity contribution in [2.45, 2.75) is 19.0 Å². The molecule has 0 aliphatic carbocycles. The lowest BCUT2D eigenvalue weighted by Crippen LogP contribution is -2.55. The molecule has 1 aromatic heterocycles. The fourth-order valence-electron chi connectivity index (χ4n) is 4.10. The largest absolute Gasteiger partial charge is 0.379 e. The summed E-state index contributed by atoms with van der Waals surface area (Å²) in [7, 11) is 0. The molecule has 0 bridgehead atoms. The van der Waals surface area contributed by atoms with Gasteiger partial charge < -0.3 is 9.47 Å². The molecule has 0 radical (unpaired) electrons. The molecule has 0 amide bonds. The predicted octanol–water partition coefficient (Wildman–Crippen LogP) is 3.01. The first kappa shape index (κ1) is 19.7. The summed E-state index contributed by atoms with van der Waals surface area (Å²) in [5.74, 6) is 0.201. The van der Waals surface area contributed by atoms with Gasteiger partial charge in [-0.3, -0.25) is 14.6 Å². The van der Waals surface area contributed by atoms with Gasteiger partial charge in [-0.25, -0.2) is 0 Å². The average Bonchev–Trinajstić information content (AvgIpc) is 3.27. The lowest BCUT2D eigenvalue weighted by atomic mass is 9.93. The zero-order valence-electron chi connectivity index (χ0n) is 16.4. The number of carbonyl (C=O) groups excluding carboxylic acids is 1. The van der Waals surface area contributed by atoms with Gasteiger partial charge >= 0.3 is 0 Å². The van der Waals surface area contributed by atoms with Crippen molar-refractivity contribution in [2.75, 3.05) is 52.6 Å². The van der Waals surface area contributed by atoms with E-state index in [1.807, 2.05) is 24.3 Å². The van der Waals surface area contributed by atoms with E-state index < -0.39 is 0 Å². The van der Waals surface area contributed by atoms with E-state index in [1.165, 1.54) is 10.4 Å². The number of carbonyl (C=O) groups is 1. The maximum atomic E-state index is 13.8. The van der Waals surface area contributed by atoms with Crippen LogP contribution in [0.5, 0.6) is 0 Å². The molecule has 2 aliphatic heterocycles. The Morgan fingerprint density at radius 2 is 1.54 bits per heavy atom. The summed E-state index contributed by atoms with van der Waals surface area (Å²) < 4.78 is 11.2. The molecule has 5 nitrogen and oxygen atoms in total. The Kier molecular flexibility index (Phi) is 6.54. The van der Waals surface area contributed by atoms with Gasteiger partial charge in [0.2, 0.25) is 0 Å². The van der Waals surface area contributed by atoms with E-state index in [2.05, 4.69) is 34.2 Å². The Morgan fingerprint density at radius 1 is 0.929 bits per heavy atom. The van der Waals surface area contributed by atoms with Crippen molar-refractivity contribution < 1.29 is 14.3 Å². The van der Waals surface area contributed by atoms with E-state index in [4.69, 9.17) is 9.47 Å². The van der Waals surface area contributed by atoms with Crippen molar-refractivity contribution in [3.8, 4) is 0 Å². The number of hydrogen-bond acceptors (Lipinski definition) is 6. The van der Waals surface area contributed by atoms with Crippen LogP contribution in [0, 0.1) is 6.92 Å². The third-order valence-corrected chi connectivity index (χ3v) is 6.56. The lowest BCUT2D eigenvalue weighted by Gasteiger charge is -2.43. The van der Waals surface area contributed by atoms with Gasteiger partial charge in [-0.2, -0.15) is 0 Å². The number of hydrogen-bond donors (Lipinski definition) is 0. The zero-order chi connectivity index (χ0) is 19.3. The summed E-state index contributed by atoms with van der Waals surface area (Å²) >= 11 is 1.74. The number of benzene rings is 1. The molecule has 2 atom stereocenters. The molecule has 6 heteroatoms. The molecule has 150 valence electrons. The first-order chi connectivity index (χ1) is 13.7. The number of morpholine rings is 2. The summed E-state index contributed by atoms with van der Waals surface area (Å²) in [6.45, 7) is 8.12. The van der Waals surface area contributed by atoms with Crippen LogP contribution >= 0.6 is 11.3 Å². The first-order valence-corrected chi connectivity index (χ1v) is 10.9. The van der Waals surface area contributed by atoms with E-state index in [0.717, 1.165) is 45.0 Å². The maximum absolute atomic E-state index is 13.8. The summed E-state index contributed by atoms with van der Waals surface area (Å²) in [4.78, 5) is 19.8. The molecule has 4 rings (SSSR count). The molecule has 1 aromatic carbocycles. The van der Waals surface area contributed by atoms with E-state index in [-0.39, 0.29) is 17.9 Å². The van der Waals surface area contributed by atoms with Gasteiger partial charge in [0, 0.05) is 36.6 Å². The minimum Gasteiger partial charge on any atom is -0.379 e. The van der Waals surface area contributed by atoms with Crippen LogP contribution < -0.4 is 0 Å². The van der Waals surface area contributed by atoms with Crippen molar-refractivity contribution in [1.29, 1.82) is 0 Å². The minimum absolute atomic E-state index is 0.0378. The number of thiophene rings is 1. The number of Topliss-reactive ketones (excluding diaryl/α,β-unsaturated/α-hetero) is 1. The van der Waals surface area contributed by atoms with Crippen LogP contribution in [0.15, 0.2) is 41.8 Å². The molecule has 2 aliphatic rings. The van der Waals surface area contributed by atoms with Crippen molar-refractivity contribution in [2.24, 2.45) is 0 Å². The zero-order valence-corrected chi connectivity index (χ0v) is 17.2. The van der Waals surface area contributed by atoms with Gasteiger partial charge in [0.1, 0.15) is 0 Å². The molecule has 2 fully saturated rings. The Morgan fingerprint density at radius 3 is 2.11 bits per heavy atom. The summed E-state index contributed by atoms with van der Waals surface area (Å²) in [5, 5.41) is 2.11. The lowest BCUT2D eigenvalue weighted by molar-refractivity contribution is -0.0294. The van der Waals surface area contributed by atoms with Crippen LogP contribution in [0.25, 0.3) is 0 Å².